The lowest BCUT2D eigenvalue weighted by Gasteiger charge is -2.33. The van der Waals surface area contributed by atoms with Crippen LogP contribution in [0.25, 0.3) is 10.4 Å². The number of nitrogens with zero attached hydrogens (tertiary/aromatic N) is 3. The molecule has 192 valence electrons. The van der Waals surface area contributed by atoms with Crippen LogP contribution in [0.15, 0.2) is 40.4 Å². The average molecular weight is 511 g/mol. The van der Waals surface area contributed by atoms with E-state index in [1.54, 1.807) is 24.3 Å². The highest BCUT2D eigenvalue weighted by atomic mass is 32.1. The smallest absolute Gasteiger partial charge is 0.243 e. The zero-order chi connectivity index (χ0) is 26.2. The third-order valence-corrected chi connectivity index (χ3v) is 7.66. The number of β-amino-alcohol motifs (C(OH)–C–C–N with tert-alkyl or cyclic N) is 1. The molecule has 2 aromatic heterocycles. The Morgan fingerprint density at radius 2 is 1.92 bits per heavy atom. The first-order valence-electron chi connectivity index (χ1n) is 12.2. The molecule has 0 radical (unpaired) electrons. The van der Waals surface area contributed by atoms with Gasteiger partial charge >= 0.3 is 0 Å². The summed E-state index contributed by atoms with van der Waals surface area (Å²) in [7, 11) is 0. The number of carbonyl (C=O) groups excluding carboxylic acids is 2. The van der Waals surface area contributed by atoms with Crippen molar-refractivity contribution in [2.24, 2.45) is 5.41 Å². The molecule has 4 rings (SSSR count). The SMILES string of the molecule is Cc1cc([C@H](C(=O)N2C[C@H](O)C[C@H]2C(=O)N[C@H](C)c2ccc(-c3scnc3C)cc2)C(C)(C)C)on1. The summed E-state index contributed by atoms with van der Waals surface area (Å²) in [6, 6.07) is 8.78. The van der Waals surface area contributed by atoms with E-state index in [4.69, 9.17) is 4.52 Å². The molecule has 3 aromatic rings. The van der Waals surface area contributed by atoms with Crippen molar-refractivity contribution in [3.8, 4) is 10.4 Å². The van der Waals surface area contributed by atoms with Crippen molar-refractivity contribution in [1.29, 1.82) is 0 Å². The second-order valence-corrected chi connectivity index (χ2v) is 11.5. The van der Waals surface area contributed by atoms with Gasteiger partial charge in [0, 0.05) is 19.0 Å². The first kappa shape index (κ1) is 26.0. The van der Waals surface area contributed by atoms with Gasteiger partial charge < -0.3 is 19.8 Å². The molecule has 3 heterocycles. The van der Waals surface area contributed by atoms with Gasteiger partial charge in [-0.2, -0.15) is 0 Å². The maximum atomic E-state index is 13.7. The minimum atomic E-state index is -0.765. The number of benzene rings is 1. The number of nitrogens with one attached hydrogen (secondary N) is 1. The molecule has 2 N–H and O–H groups in total. The van der Waals surface area contributed by atoms with E-state index in [-0.39, 0.29) is 30.8 Å². The number of rotatable bonds is 6. The van der Waals surface area contributed by atoms with Crippen LogP contribution in [-0.2, 0) is 9.59 Å². The normalized spacial score (nSPS) is 19.8. The van der Waals surface area contributed by atoms with E-state index in [1.165, 1.54) is 4.90 Å². The van der Waals surface area contributed by atoms with Crippen molar-refractivity contribution in [3.63, 3.8) is 0 Å². The first-order chi connectivity index (χ1) is 17.0. The minimum Gasteiger partial charge on any atom is -0.391 e. The van der Waals surface area contributed by atoms with Gasteiger partial charge in [0.05, 0.1) is 33.9 Å². The molecular weight excluding hydrogens is 476 g/mol. The zero-order valence-electron chi connectivity index (χ0n) is 21.6. The number of aliphatic hydroxyl groups excluding tert-OH is 1. The minimum absolute atomic E-state index is 0.105. The number of aromatic nitrogens is 2. The molecule has 1 saturated heterocycles. The van der Waals surface area contributed by atoms with Crippen LogP contribution in [0.3, 0.4) is 0 Å². The van der Waals surface area contributed by atoms with Crippen LogP contribution < -0.4 is 5.32 Å². The largest absolute Gasteiger partial charge is 0.391 e. The number of hydrogen-bond acceptors (Lipinski definition) is 7. The van der Waals surface area contributed by atoms with E-state index in [0.29, 0.717) is 11.5 Å². The fourth-order valence-electron chi connectivity index (χ4n) is 4.80. The summed E-state index contributed by atoms with van der Waals surface area (Å²) >= 11 is 1.60. The Morgan fingerprint density at radius 1 is 1.22 bits per heavy atom. The van der Waals surface area contributed by atoms with E-state index in [1.807, 2.05) is 64.4 Å². The standard InChI is InChI=1S/C27H34N4O4S/c1-15-11-22(35-30-15)23(27(4,5)6)26(34)31-13-20(32)12-21(31)25(33)29-16(2)18-7-9-19(10-8-18)24-17(3)28-14-36-24/h7-11,14,16,20-21,23,32H,12-13H2,1-6H3,(H,29,33)/t16-,20-,21+,23-/m1/s1. The number of aryl methyl sites for hydroxylation is 2. The summed E-state index contributed by atoms with van der Waals surface area (Å²) in [5.41, 5.74) is 5.08. The number of likely N-dealkylation sites (tertiary alicyclic amines) is 1. The van der Waals surface area contributed by atoms with E-state index in [0.717, 1.165) is 21.7 Å². The lowest BCUT2D eigenvalue weighted by atomic mass is 9.78. The third-order valence-electron chi connectivity index (χ3n) is 6.69. The van der Waals surface area contributed by atoms with Gasteiger partial charge in [-0.05, 0) is 37.3 Å². The molecule has 1 aromatic carbocycles. The van der Waals surface area contributed by atoms with Crippen molar-refractivity contribution in [2.45, 2.75) is 72.1 Å². The number of amides is 2. The molecule has 4 atom stereocenters. The molecule has 1 aliphatic rings. The van der Waals surface area contributed by atoms with Crippen molar-refractivity contribution in [3.05, 3.63) is 58.6 Å². The second-order valence-electron chi connectivity index (χ2n) is 10.7. The summed E-state index contributed by atoms with van der Waals surface area (Å²) in [4.78, 5) is 34.0. The summed E-state index contributed by atoms with van der Waals surface area (Å²) in [6.45, 7) is 11.7. The van der Waals surface area contributed by atoms with Crippen LogP contribution in [-0.4, -0.2) is 50.7 Å². The van der Waals surface area contributed by atoms with Crippen LogP contribution in [0, 0.1) is 19.3 Å². The van der Waals surface area contributed by atoms with Gasteiger partial charge in [-0.3, -0.25) is 9.59 Å². The molecule has 1 aliphatic heterocycles. The number of carbonyl (C=O) groups is 2. The Bertz CT molecular complexity index is 1230. The lowest BCUT2D eigenvalue weighted by molar-refractivity contribution is -0.142. The molecule has 36 heavy (non-hydrogen) atoms. The van der Waals surface area contributed by atoms with E-state index in [2.05, 4.69) is 15.5 Å². The van der Waals surface area contributed by atoms with Crippen molar-refractivity contribution >= 4 is 23.2 Å². The predicted molar refractivity (Wildman–Crippen MR) is 138 cm³/mol. The lowest BCUT2D eigenvalue weighted by Crippen LogP contribution is -2.49. The van der Waals surface area contributed by atoms with Crippen LogP contribution in [0.5, 0.6) is 0 Å². The quantitative estimate of drug-likeness (QED) is 0.509. The number of hydrogen-bond donors (Lipinski definition) is 2. The molecule has 1 fully saturated rings. The molecular formula is C27H34N4O4S. The Labute approximate surface area is 215 Å². The maximum Gasteiger partial charge on any atom is 0.243 e. The van der Waals surface area contributed by atoms with Crippen molar-refractivity contribution in [1.82, 2.24) is 20.4 Å². The molecule has 9 heteroatoms. The third kappa shape index (κ3) is 5.37. The van der Waals surface area contributed by atoms with Gasteiger partial charge in [-0.1, -0.05) is 50.2 Å². The van der Waals surface area contributed by atoms with Gasteiger partial charge in [0.15, 0.2) is 0 Å². The number of aliphatic hydroxyl groups is 1. The van der Waals surface area contributed by atoms with Gasteiger partial charge in [0.1, 0.15) is 17.7 Å². The van der Waals surface area contributed by atoms with E-state index < -0.39 is 23.5 Å². The molecule has 0 saturated carbocycles. The average Bonchev–Trinajstić information content (AvgIpc) is 3.53. The number of thiazole rings is 1. The molecule has 0 bridgehead atoms. The van der Waals surface area contributed by atoms with Gasteiger partial charge in [0.25, 0.3) is 0 Å². The molecule has 2 amide bonds. The summed E-state index contributed by atoms with van der Waals surface area (Å²) in [5, 5.41) is 17.4. The second kappa shape index (κ2) is 10.1. The molecule has 8 nitrogen and oxygen atoms in total. The zero-order valence-corrected chi connectivity index (χ0v) is 22.4. The molecule has 0 aliphatic carbocycles. The van der Waals surface area contributed by atoms with Crippen molar-refractivity contribution in [2.75, 3.05) is 6.54 Å². The molecule has 0 spiro atoms. The van der Waals surface area contributed by atoms with E-state index in [9.17, 15) is 14.7 Å². The van der Waals surface area contributed by atoms with Gasteiger partial charge in [-0.15, -0.1) is 11.3 Å². The fraction of sp³-hybridized carbons (Fsp3) is 0.481. The topological polar surface area (TPSA) is 109 Å². The monoisotopic (exact) mass is 510 g/mol. The first-order valence-corrected chi connectivity index (χ1v) is 13.1. The van der Waals surface area contributed by atoms with Gasteiger partial charge in [0.2, 0.25) is 11.8 Å². The summed E-state index contributed by atoms with van der Waals surface area (Å²) < 4.78 is 5.46. The summed E-state index contributed by atoms with van der Waals surface area (Å²) in [6.07, 6.45) is -0.570. The highest BCUT2D eigenvalue weighted by molar-refractivity contribution is 7.13. The Balaban J connectivity index is 1.50. The van der Waals surface area contributed by atoms with Crippen molar-refractivity contribution < 1.29 is 19.2 Å². The van der Waals surface area contributed by atoms with Gasteiger partial charge in [-0.25, -0.2) is 4.98 Å². The summed E-state index contributed by atoms with van der Waals surface area (Å²) in [5.74, 6) is -0.682. The highest BCUT2D eigenvalue weighted by Gasteiger charge is 2.46. The maximum absolute atomic E-state index is 13.7. The predicted octanol–water partition coefficient (Wildman–Crippen LogP) is 4.38. The highest BCUT2D eigenvalue weighted by Crippen LogP contribution is 2.38. The fourth-order valence-corrected chi connectivity index (χ4v) is 5.62. The van der Waals surface area contributed by atoms with Crippen LogP contribution in [0.1, 0.15) is 68.8 Å². The Morgan fingerprint density at radius 3 is 2.47 bits per heavy atom. The van der Waals surface area contributed by atoms with Crippen LogP contribution in [0.4, 0.5) is 0 Å². The van der Waals surface area contributed by atoms with Crippen LogP contribution in [0.2, 0.25) is 0 Å². The van der Waals surface area contributed by atoms with Crippen LogP contribution >= 0.6 is 11.3 Å². The van der Waals surface area contributed by atoms with E-state index >= 15 is 0 Å². The Kier molecular flexibility index (Phi) is 7.33. The molecule has 0 unspecified atom stereocenters. The Hall–Kier alpha value is -3.04.